The average Bonchev–Trinajstić information content (AvgIpc) is 2.86. The topological polar surface area (TPSA) is 46.8 Å². The number of aromatic nitrogens is 2. The molecule has 0 saturated heterocycles. The number of ether oxygens (including phenoxy) is 1. The van der Waals surface area contributed by atoms with Gasteiger partial charge in [-0.15, -0.1) is 0 Å². The second-order valence-electron chi connectivity index (χ2n) is 4.95. The molecule has 0 atom stereocenters. The molecule has 0 unspecified atom stereocenters. The van der Waals surface area contributed by atoms with E-state index in [1.807, 2.05) is 47.9 Å². The minimum Gasteiger partial charge on any atom is -0.491 e. The second-order valence-corrected chi connectivity index (χ2v) is 4.95. The molecule has 108 valence electrons. The Labute approximate surface area is 123 Å². The molecule has 0 aliphatic heterocycles. The minimum absolute atomic E-state index is 0.0809. The van der Waals surface area contributed by atoms with E-state index in [2.05, 4.69) is 17.1 Å². The summed E-state index contributed by atoms with van der Waals surface area (Å²) in [4.78, 5) is 4.37. The summed E-state index contributed by atoms with van der Waals surface area (Å²) in [5.41, 5.74) is 3.05. The number of fused-ring (bicyclic) bond motifs is 1. The monoisotopic (exact) mass is 282 g/mol. The van der Waals surface area contributed by atoms with Gasteiger partial charge >= 0.3 is 0 Å². The van der Waals surface area contributed by atoms with Crippen molar-refractivity contribution in [1.29, 1.82) is 0 Å². The zero-order chi connectivity index (χ0) is 14.7. The third kappa shape index (κ3) is 2.76. The van der Waals surface area contributed by atoms with Crippen LogP contribution >= 0.6 is 0 Å². The first-order chi connectivity index (χ1) is 10.3. The van der Waals surface area contributed by atoms with Crippen LogP contribution in [0, 0.1) is 6.92 Å². The van der Waals surface area contributed by atoms with Crippen molar-refractivity contribution in [3.05, 3.63) is 65.7 Å². The van der Waals surface area contributed by atoms with E-state index in [9.17, 15) is 5.11 Å². The molecule has 3 rings (SSSR count). The van der Waals surface area contributed by atoms with Gasteiger partial charge in [-0.1, -0.05) is 30.3 Å². The highest BCUT2D eigenvalue weighted by Gasteiger charge is 2.11. The van der Waals surface area contributed by atoms with Crippen LogP contribution in [0.2, 0.25) is 0 Å². The van der Waals surface area contributed by atoms with Crippen molar-refractivity contribution in [3.63, 3.8) is 0 Å². The number of pyridine rings is 1. The van der Waals surface area contributed by atoms with Crippen LogP contribution in [0.25, 0.3) is 5.52 Å². The third-order valence-electron chi connectivity index (χ3n) is 3.51. The molecule has 0 radical (unpaired) electrons. The van der Waals surface area contributed by atoms with Crippen molar-refractivity contribution in [1.82, 2.24) is 9.38 Å². The Balaban J connectivity index is 1.79. The average molecular weight is 282 g/mol. The Morgan fingerprint density at radius 3 is 2.71 bits per heavy atom. The van der Waals surface area contributed by atoms with Crippen LogP contribution < -0.4 is 4.74 Å². The van der Waals surface area contributed by atoms with Crippen LogP contribution in [0.3, 0.4) is 0 Å². The summed E-state index contributed by atoms with van der Waals surface area (Å²) in [5.74, 6) is 1.44. The van der Waals surface area contributed by atoms with Gasteiger partial charge in [0.1, 0.15) is 23.7 Å². The maximum Gasteiger partial charge on any atom is 0.145 e. The molecule has 0 spiro atoms. The van der Waals surface area contributed by atoms with Crippen molar-refractivity contribution in [2.24, 2.45) is 0 Å². The molecule has 1 aromatic carbocycles. The fourth-order valence-electron chi connectivity index (χ4n) is 2.51. The molecule has 2 heterocycles. The zero-order valence-corrected chi connectivity index (χ0v) is 12.0. The van der Waals surface area contributed by atoms with E-state index in [1.54, 1.807) is 0 Å². The number of hydrogen-bond donors (Lipinski definition) is 1. The van der Waals surface area contributed by atoms with E-state index in [1.165, 1.54) is 5.56 Å². The summed E-state index contributed by atoms with van der Waals surface area (Å²) in [6, 6.07) is 14.1. The zero-order valence-electron chi connectivity index (χ0n) is 12.0. The smallest absolute Gasteiger partial charge is 0.145 e. The van der Waals surface area contributed by atoms with E-state index >= 15 is 0 Å². The molecular formula is C17H18N2O2. The van der Waals surface area contributed by atoms with E-state index in [0.29, 0.717) is 12.4 Å². The van der Waals surface area contributed by atoms with Gasteiger partial charge in [-0.3, -0.25) is 4.40 Å². The van der Waals surface area contributed by atoms with Crippen LogP contribution in [0.4, 0.5) is 0 Å². The normalized spacial score (nSPS) is 11.0. The molecule has 0 fully saturated rings. The van der Waals surface area contributed by atoms with Gasteiger partial charge in [-0.05, 0) is 24.6 Å². The maximum atomic E-state index is 9.34. The van der Waals surface area contributed by atoms with Crippen LogP contribution in [0.15, 0.2) is 48.7 Å². The van der Waals surface area contributed by atoms with Crippen LogP contribution in [-0.4, -0.2) is 21.1 Å². The van der Waals surface area contributed by atoms with Gasteiger partial charge in [0.2, 0.25) is 0 Å². The first-order valence-electron chi connectivity index (χ1n) is 7.03. The van der Waals surface area contributed by atoms with Gasteiger partial charge in [-0.25, -0.2) is 4.98 Å². The molecule has 0 aliphatic rings. The molecule has 2 aromatic heterocycles. The van der Waals surface area contributed by atoms with Gasteiger partial charge in [0.25, 0.3) is 0 Å². The predicted molar refractivity (Wildman–Crippen MR) is 81.5 cm³/mol. The summed E-state index contributed by atoms with van der Waals surface area (Å²) < 4.78 is 7.80. The number of aryl methyl sites for hydroxylation is 1. The Morgan fingerprint density at radius 2 is 1.95 bits per heavy atom. The molecule has 4 nitrogen and oxygen atoms in total. The maximum absolute atomic E-state index is 9.34. The first kappa shape index (κ1) is 13.6. The van der Waals surface area contributed by atoms with Crippen molar-refractivity contribution in [2.75, 3.05) is 6.61 Å². The Morgan fingerprint density at radius 1 is 1.14 bits per heavy atom. The number of nitrogens with zero attached hydrogens (tertiary/aromatic N) is 2. The van der Waals surface area contributed by atoms with Crippen LogP contribution in [0.1, 0.15) is 17.1 Å². The van der Waals surface area contributed by atoms with Gasteiger partial charge in [-0.2, -0.15) is 0 Å². The second kappa shape index (κ2) is 5.97. The van der Waals surface area contributed by atoms with Crippen LogP contribution in [-0.2, 0) is 13.0 Å². The SMILES string of the molecule is Cc1nc(CO)n2cccc(OCCc3ccccc3)c12. The van der Waals surface area contributed by atoms with Crippen molar-refractivity contribution in [3.8, 4) is 5.75 Å². The molecule has 1 N–H and O–H groups in total. The summed E-state index contributed by atoms with van der Waals surface area (Å²) in [6.45, 7) is 2.46. The molecule has 4 heteroatoms. The van der Waals surface area contributed by atoms with E-state index in [4.69, 9.17) is 4.74 Å². The predicted octanol–water partition coefficient (Wildman–Crippen LogP) is 2.76. The molecule has 0 saturated carbocycles. The van der Waals surface area contributed by atoms with Gasteiger partial charge < -0.3 is 9.84 Å². The van der Waals surface area contributed by atoms with Gasteiger partial charge in [0.05, 0.1) is 12.3 Å². The Bertz CT molecular complexity index is 735. The molecule has 0 aliphatic carbocycles. The van der Waals surface area contributed by atoms with Crippen molar-refractivity contribution >= 4 is 5.52 Å². The van der Waals surface area contributed by atoms with E-state index < -0.39 is 0 Å². The molecule has 0 amide bonds. The number of benzene rings is 1. The largest absolute Gasteiger partial charge is 0.491 e. The third-order valence-corrected chi connectivity index (χ3v) is 3.51. The lowest BCUT2D eigenvalue weighted by Crippen LogP contribution is -2.03. The number of aliphatic hydroxyl groups is 1. The standard InChI is InChI=1S/C17H18N2O2/c1-13-17-15(8-5-10-19(17)16(12-20)18-13)21-11-9-14-6-3-2-4-7-14/h2-8,10,20H,9,11-12H2,1H3. The summed E-state index contributed by atoms with van der Waals surface area (Å²) in [6.07, 6.45) is 2.76. The lowest BCUT2D eigenvalue weighted by molar-refractivity contribution is 0.270. The Hall–Kier alpha value is -2.33. The summed E-state index contributed by atoms with van der Waals surface area (Å²) in [5, 5.41) is 9.34. The first-order valence-corrected chi connectivity index (χ1v) is 7.03. The van der Waals surface area contributed by atoms with Gasteiger partial charge in [0, 0.05) is 12.6 Å². The molecule has 0 bridgehead atoms. The highest BCUT2D eigenvalue weighted by molar-refractivity contribution is 5.64. The lowest BCUT2D eigenvalue weighted by atomic mass is 10.2. The fraction of sp³-hybridized carbons (Fsp3) is 0.235. The lowest BCUT2D eigenvalue weighted by Gasteiger charge is -2.09. The van der Waals surface area contributed by atoms with Gasteiger partial charge in [0.15, 0.2) is 0 Å². The number of aliphatic hydroxyl groups excluding tert-OH is 1. The quantitative estimate of drug-likeness (QED) is 0.782. The Kier molecular flexibility index (Phi) is 3.88. The number of rotatable bonds is 5. The highest BCUT2D eigenvalue weighted by Crippen LogP contribution is 2.24. The van der Waals surface area contributed by atoms with E-state index in [-0.39, 0.29) is 6.61 Å². The highest BCUT2D eigenvalue weighted by atomic mass is 16.5. The number of imidazole rings is 1. The fourth-order valence-corrected chi connectivity index (χ4v) is 2.51. The van der Waals surface area contributed by atoms with E-state index in [0.717, 1.165) is 23.4 Å². The van der Waals surface area contributed by atoms with Crippen molar-refractivity contribution in [2.45, 2.75) is 20.0 Å². The van der Waals surface area contributed by atoms with Crippen LogP contribution in [0.5, 0.6) is 5.75 Å². The molecular weight excluding hydrogens is 264 g/mol. The summed E-state index contributed by atoms with van der Waals surface area (Å²) in [7, 11) is 0. The molecule has 3 aromatic rings. The molecule has 21 heavy (non-hydrogen) atoms. The summed E-state index contributed by atoms with van der Waals surface area (Å²) >= 11 is 0. The number of hydrogen-bond acceptors (Lipinski definition) is 3. The van der Waals surface area contributed by atoms with Crippen molar-refractivity contribution < 1.29 is 9.84 Å². The minimum atomic E-state index is -0.0809.